The van der Waals surface area contributed by atoms with E-state index in [4.69, 9.17) is 11.6 Å². The van der Waals surface area contributed by atoms with Crippen molar-refractivity contribution in [3.63, 3.8) is 0 Å². The third kappa shape index (κ3) is 2.09. The summed E-state index contributed by atoms with van der Waals surface area (Å²) in [6.45, 7) is 0.962. The Kier molecular flexibility index (Phi) is 3.07. The predicted molar refractivity (Wildman–Crippen MR) is 62.0 cm³/mol. The average molecular weight is 231 g/mol. The first kappa shape index (κ1) is 10.4. The van der Waals surface area contributed by atoms with Gasteiger partial charge in [-0.2, -0.15) is 17.7 Å². The van der Waals surface area contributed by atoms with Gasteiger partial charge in [0, 0.05) is 12.7 Å². The minimum Gasteiger partial charge on any atom is -0.271 e. The summed E-state index contributed by atoms with van der Waals surface area (Å²) in [4.78, 5) is 0. The molecule has 0 bridgehead atoms. The van der Waals surface area contributed by atoms with Crippen LogP contribution >= 0.6 is 24.2 Å². The second-order valence-electron chi connectivity index (χ2n) is 4.22. The van der Waals surface area contributed by atoms with Gasteiger partial charge in [0.15, 0.2) is 0 Å². The van der Waals surface area contributed by atoms with Gasteiger partial charge in [-0.3, -0.25) is 4.68 Å². The zero-order chi connectivity index (χ0) is 10.0. The van der Waals surface area contributed by atoms with Crippen molar-refractivity contribution in [2.24, 2.45) is 5.41 Å². The van der Waals surface area contributed by atoms with E-state index >= 15 is 0 Å². The van der Waals surface area contributed by atoms with Crippen LogP contribution in [0.5, 0.6) is 0 Å². The Bertz CT molecular complexity index is 305. The molecule has 1 aliphatic rings. The van der Waals surface area contributed by atoms with E-state index in [1.807, 2.05) is 10.9 Å². The van der Waals surface area contributed by atoms with Crippen LogP contribution in [0.25, 0.3) is 0 Å². The van der Waals surface area contributed by atoms with Crippen LogP contribution in [-0.2, 0) is 6.54 Å². The topological polar surface area (TPSA) is 17.8 Å². The van der Waals surface area contributed by atoms with Crippen molar-refractivity contribution in [3.05, 3.63) is 17.4 Å². The summed E-state index contributed by atoms with van der Waals surface area (Å²) in [5, 5.41) is 4.94. The minimum absolute atomic E-state index is 0.360. The average Bonchev–Trinajstić information content (AvgIpc) is 2.77. The molecule has 0 atom stereocenters. The summed E-state index contributed by atoms with van der Waals surface area (Å²) < 4.78 is 1.95. The van der Waals surface area contributed by atoms with Crippen LogP contribution in [-0.4, -0.2) is 15.5 Å². The van der Waals surface area contributed by atoms with E-state index in [9.17, 15) is 0 Å². The Morgan fingerprint density at radius 2 is 2.21 bits per heavy atom. The Morgan fingerprint density at radius 3 is 2.71 bits per heavy atom. The highest BCUT2D eigenvalue weighted by molar-refractivity contribution is 7.80. The minimum atomic E-state index is 0.360. The smallest absolute Gasteiger partial charge is 0.0785 e. The molecule has 0 amide bonds. The van der Waals surface area contributed by atoms with Crippen molar-refractivity contribution < 1.29 is 0 Å². The first-order chi connectivity index (χ1) is 6.74. The van der Waals surface area contributed by atoms with Crippen molar-refractivity contribution in [2.45, 2.75) is 32.2 Å². The molecule has 1 aliphatic carbocycles. The summed E-state index contributed by atoms with van der Waals surface area (Å²) in [5.74, 6) is 0.949. The number of hydrogen-bond acceptors (Lipinski definition) is 2. The van der Waals surface area contributed by atoms with Gasteiger partial charge >= 0.3 is 0 Å². The maximum Gasteiger partial charge on any atom is 0.0785 e. The normalized spacial score (nSPS) is 20.1. The molecule has 2 rings (SSSR count). The van der Waals surface area contributed by atoms with Crippen molar-refractivity contribution >= 4 is 24.2 Å². The van der Waals surface area contributed by atoms with Crippen molar-refractivity contribution in [2.75, 3.05) is 5.75 Å². The number of rotatable bonds is 3. The Morgan fingerprint density at radius 1 is 1.50 bits per heavy atom. The van der Waals surface area contributed by atoms with Gasteiger partial charge in [-0.15, -0.1) is 0 Å². The molecule has 0 radical (unpaired) electrons. The lowest BCUT2D eigenvalue weighted by atomic mass is 9.88. The monoisotopic (exact) mass is 230 g/mol. The highest BCUT2D eigenvalue weighted by atomic mass is 35.5. The molecule has 1 fully saturated rings. The first-order valence-electron chi connectivity index (χ1n) is 5.03. The molecule has 0 aromatic carbocycles. The molecule has 78 valence electrons. The van der Waals surface area contributed by atoms with Crippen LogP contribution in [0, 0.1) is 5.41 Å². The molecule has 0 aliphatic heterocycles. The number of nitrogens with zero attached hydrogens (tertiary/aromatic N) is 2. The Balaban J connectivity index is 2.08. The van der Waals surface area contributed by atoms with Crippen molar-refractivity contribution in [3.8, 4) is 0 Å². The molecule has 0 unspecified atom stereocenters. The maximum atomic E-state index is 5.83. The molecule has 14 heavy (non-hydrogen) atoms. The van der Waals surface area contributed by atoms with Gasteiger partial charge in [0.05, 0.1) is 11.2 Å². The molecular formula is C10H15ClN2S. The molecule has 1 aromatic rings. The molecule has 0 spiro atoms. The van der Waals surface area contributed by atoms with Crippen LogP contribution in [0.15, 0.2) is 12.4 Å². The van der Waals surface area contributed by atoms with Gasteiger partial charge in [0.2, 0.25) is 0 Å². The number of hydrogen-bond donors (Lipinski definition) is 1. The van der Waals surface area contributed by atoms with E-state index in [0.717, 1.165) is 17.3 Å². The fourth-order valence-corrected chi connectivity index (χ4v) is 2.83. The van der Waals surface area contributed by atoms with Gasteiger partial charge < -0.3 is 0 Å². The van der Waals surface area contributed by atoms with E-state index in [1.54, 1.807) is 6.20 Å². The Labute approximate surface area is 95.0 Å². The lowest BCUT2D eigenvalue weighted by molar-refractivity contribution is 0.276. The number of aromatic nitrogens is 2. The fourth-order valence-electron chi connectivity index (χ4n) is 2.26. The van der Waals surface area contributed by atoms with Gasteiger partial charge in [-0.05, 0) is 24.0 Å². The summed E-state index contributed by atoms with van der Waals surface area (Å²) >= 11 is 10.3. The molecule has 1 heterocycles. The lowest BCUT2D eigenvalue weighted by Gasteiger charge is -2.26. The third-order valence-electron chi connectivity index (χ3n) is 3.10. The SMILES string of the molecule is SCC1(Cn2cc(Cl)cn2)CCCC1. The summed E-state index contributed by atoms with van der Waals surface area (Å²) in [6.07, 6.45) is 8.79. The highest BCUT2D eigenvalue weighted by Crippen LogP contribution is 2.40. The Hall–Kier alpha value is -0.150. The summed E-state index contributed by atoms with van der Waals surface area (Å²) in [7, 11) is 0. The maximum absolute atomic E-state index is 5.83. The fraction of sp³-hybridized carbons (Fsp3) is 0.700. The van der Waals surface area contributed by atoms with Gasteiger partial charge in [-0.1, -0.05) is 24.4 Å². The van der Waals surface area contributed by atoms with Gasteiger partial charge in [0.1, 0.15) is 0 Å². The summed E-state index contributed by atoms with van der Waals surface area (Å²) in [5.41, 5.74) is 0.360. The standard InChI is InChI=1S/C10H15ClN2S/c11-9-5-12-13(6-9)7-10(8-14)3-1-2-4-10/h5-6,14H,1-4,7-8H2. The molecule has 0 saturated heterocycles. The van der Waals surface area contributed by atoms with E-state index in [0.29, 0.717) is 5.41 Å². The van der Waals surface area contributed by atoms with E-state index in [2.05, 4.69) is 17.7 Å². The first-order valence-corrected chi connectivity index (χ1v) is 6.04. The van der Waals surface area contributed by atoms with Crippen LogP contribution in [0.2, 0.25) is 5.02 Å². The predicted octanol–water partition coefficient (Wildman–Crippen LogP) is 3.03. The van der Waals surface area contributed by atoms with Crippen LogP contribution in [0.1, 0.15) is 25.7 Å². The molecule has 1 saturated carbocycles. The molecular weight excluding hydrogens is 216 g/mol. The largest absolute Gasteiger partial charge is 0.271 e. The molecule has 1 aromatic heterocycles. The van der Waals surface area contributed by atoms with Crippen molar-refractivity contribution in [1.82, 2.24) is 9.78 Å². The lowest BCUT2D eigenvalue weighted by Crippen LogP contribution is -2.25. The van der Waals surface area contributed by atoms with Crippen LogP contribution in [0.4, 0.5) is 0 Å². The molecule has 0 N–H and O–H groups in total. The van der Waals surface area contributed by atoms with Gasteiger partial charge in [-0.25, -0.2) is 0 Å². The second-order valence-corrected chi connectivity index (χ2v) is 4.97. The van der Waals surface area contributed by atoms with E-state index < -0.39 is 0 Å². The second kappa shape index (κ2) is 4.15. The van der Waals surface area contributed by atoms with Crippen molar-refractivity contribution in [1.29, 1.82) is 0 Å². The number of thiol groups is 1. The van der Waals surface area contributed by atoms with Crippen LogP contribution < -0.4 is 0 Å². The molecule has 4 heteroatoms. The van der Waals surface area contributed by atoms with E-state index in [-0.39, 0.29) is 0 Å². The quantitative estimate of drug-likeness (QED) is 0.791. The van der Waals surface area contributed by atoms with Gasteiger partial charge in [0.25, 0.3) is 0 Å². The van der Waals surface area contributed by atoms with E-state index in [1.165, 1.54) is 25.7 Å². The number of halogens is 1. The zero-order valence-electron chi connectivity index (χ0n) is 8.12. The summed E-state index contributed by atoms with van der Waals surface area (Å²) in [6, 6.07) is 0. The third-order valence-corrected chi connectivity index (χ3v) is 3.96. The zero-order valence-corrected chi connectivity index (χ0v) is 9.77. The molecule has 2 nitrogen and oxygen atoms in total. The van der Waals surface area contributed by atoms with Crippen LogP contribution in [0.3, 0.4) is 0 Å². The highest BCUT2D eigenvalue weighted by Gasteiger charge is 2.33.